The Morgan fingerprint density at radius 3 is 2.70 bits per heavy atom. The van der Waals surface area contributed by atoms with Crippen molar-refractivity contribution in [3.05, 3.63) is 47.8 Å². The van der Waals surface area contributed by atoms with E-state index in [9.17, 15) is 0 Å². The molecule has 0 aliphatic carbocycles. The second-order valence-electron chi connectivity index (χ2n) is 5.72. The van der Waals surface area contributed by atoms with E-state index < -0.39 is 0 Å². The number of benzene rings is 1. The van der Waals surface area contributed by atoms with Crippen molar-refractivity contribution in [1.82, 2.24) is 9.88 Å². The van der Waals surface area contributed by atoms with Gasteiger partial charge in [0.05, 0.1) is 14.2 Å². The number of hydrogen-bond acceptors (Lipinski definition) is 5. The van der Waals surface area contributed by atoms with E-state index in [1.165, 1.54) is 0 Å². The number of aromatic nitrogens is 1. The standard InChI is InChI=1S/C18H22N2O3/c1-13-9-15(7-8-19-13)23-16-11-20(12-16)10-14-5-4-6-17(21-2)18(14)22-3/h4-9,16H,10-12H2,1-3H3. The van der Waals surface area contributed by atoms with E-state index in [0.29, 0.717) is 0 Å². The number of ether oxygens (including phenoxy) is 3. The Morgan fingerprint density at radius 1 is 1.17 bits per heavy atom. The Morgan fingerprint density at radius 2 is 2.00 bits per heavy atom. The van der Waals surface area contributed by atoms with Crippen LogP contribution in [-0.4, -0.2) is 43.3 Å². The molecule has 0 N–H and O–H groups in total. The molecule has 0 saturated carbocycles. The molecule has 0 bridgehead atoms. The molecule has 1 aromatic heterocycles. The third-order valence-corrected chi connectivity index (χ3v) is 3.97. The van der Waals surface area contributed by atoms with Crippen molar-refractivity contribution in [3.63, 3.8) is 0 Å². The summed E-state index contributed by atoms with van der Waals surface area (Å²) in [6.45, 7) is 4.61. The summed E-state index contributed by atoms with van der Waals surface area (Å²) in [6, 6.07) is 9.84. The van der Waals surface area contributed by atoms with Crippen LogP contribution in [0.5, 0.6) is 17.2 Å². The van der Waals surface area contributed by atoms with E-state index in [-0.39, 0.29) is 6.10 Å². The molecule has 1 saturated heterocycles. The number of rotatable bonds is 6. The number of methoxy groups -OCH3 is 2. The number of aryl methyl sites for hydroxylation is 1. The van der Waals surface area contributed by atoms with Gasteiger partial charge in [0, 0.05) is 43.2 Å². The summed E-state index contributed by atoms with van der Waals surface area (Å²) in [6.07, 6.45) is 2.01. The fraction of sp³-hybridized carbons (Fsp3) is 0.389. The monoisotopic (exact) mass is 314 g/mol. The van der Waals surface area contributed by atoms with Gasteiger partial charge in [0.2, 0.25) is 0 Å². The zero-order chi connectivity index (χ0) is 16.2. The van der Waals surface area contributed by atoms with Gasteiger partial charge < -0.3 is 14.2 Å². The van der Waals surface area contributed by atoms with Gasteiger partial charge in [-0.25, -0.2) is 0 Å². The van der Waals surface area contributed by atoms with E-state index in [1.807, 2.05) is 31.2 Å². The van der Waals surface area contributed by atoms with Crippen LogP contribution in [0.2, 0.25) is 0 Å². The average molecular weight is 314 g/mol. The van der Waals surface area contributed by atoms with Crippen LogP contribution in [0.1, 0.15) is 11.3 Å². The quantitative estimate of drug-likeness (QED) is 0.820. The van der Waals surface area contributed by atoms with Crippen LogP contribution in [-0.2, 0) is 6.54 Å². The maximum absolute atomic E-state index is 5.96. The van der Waals surface area contributed by atoms with Gasteiger partial charge in [0.1, 0.15) is 11.9 Å². The van der Waals surface area contributed by atoms with Crippen molar-refractivity contribution in [2.75, 3.05) is 27.3 Å². The molecule has 5 nitrogen and oxygen atoms in total. The second-order valence-corrected chi connectivity index (χ2v) is 5.72. The van der Waals surface area contributed by atoms with Gasteiger partial charge in [0.25, 0.3) is 0 Å². The molecule has 3 rings (SSSR count). The summed E-state index contributed by atoms with van der Waals surface area (Å²) in [5.74, 6) is 2.47. The molecule has 23 heavy (non-hydrogen) atoms. The third kappa shape index (κ3) is 3.56. The van der Waals surface area contributed by atoms with Crippen molar-refractivity contribution in [2.24, 2.45) is 0 Å². The molecule has 5 heteroatoms. The summed E-state index contributed by atoms with van der Waals surface area (Å²) in [5.41, 5.74) is 2.10. The van der Waals surface area contributed by atoms with E-state index in [4.69, 9.17) is 14.2 Å². The van der Waals surface area contributed by atoms with Gasteiger partial charge in [-0.1, -0.05) is 12.1 Å². The topological polar surface area (TPSA) is 43.8 Å². The van der Waals surface area contributed by atoms with Gasteiger partial charge in [0.15, 0.2) is 11.5 Å². The predicted octanol–water partition coefficient (Wildman–Crippen LogP) is 2.67. The van der Waals surface area contributed by atoms with Crippen LogP contribution in [0.15, 0.2) is 36.5 Å². The fourth-order valence-electron chi connectivity index (χ4n) is 2.83. The Bertz CT molecular complexity index is 669. The molecule has 0 radical (unpaired) electrons. The minimum Gasteiger partial charge on any atom is -0.493 e. The lowest BCUT2D eigenvalue weighted by atomic mass is 10.1. The van der Waals surface area contributed by atoms with E-state index in [1.54, 1.807) is 20.4 Å². The molecule has 1 fully saturated rings. The Hall–Kier alpha value is -2.27. The summed E-state index contributed by atoms with van der Waals surface area (Å²) in [5, 5.41) is 0. The van der Waals surface area contributed by atoms with E-state index >= 15 is 0 Å². The van der Waals surface area contributed by atoms with Gasteiger partial charge in [-0.2, -0.15) is 0 Å². The number of pyridine rings is 1. The van der Waals surface area contributed by atoms with Crippen molar-refractivity contribution in [3.8, 4) is 17.2 Å². The number of hydrogen-bond donors (Lipinski definition) is 0. The number of para-hydroxylation sites is 1. The summed E-state index contributed by atoms with van der Waals surface area (Å²) >= 11 is 0. The minimum atomic E-state index is 0.230. The summed E-state index contributed by atoms with van der Waals surface area (Å²) < 4.78 is 16.8. The SMILES string of the molecule is COc1cccc(CN2CC(Oc3ccnc(C)c3)C2)c1OC. The maximum Gasteiger partial charge on any atom is 0.165 e. The van der Waals surface area contributed by atoms with Crippen molar-refractivity contribution in [1.29, 1.82) is 0 Å². The third-order valence-electron chi connectivity index (χ3n) is 3.97. The van der Waals surface area contributed by atoms with Gasteiger partial charge in [-0.05, 0) is 19.1 Å². The Balaban J connectivity index is 1.56. The average Bonchev–Trinajstić information content (AvgIpc) is 2.52. The first kappa shape index (κ1) is 15.6. The predicted molar refractivity (Wildman–Crippen MR) is 88.2 cm³/mol. The second kappa shape index (κ2) is 6.87. The van der Waals surface area contributed by atoms with Crippen molar-refractivity contribution in [2.45, 2.75) is 19.6 Å². The normalized spacial score (nSPS) is 15.1. The fourth-order valence-corrected chi connectivity index (χ4v) is 2.83. The zero-order valence-electron chi connectivity index (χ0n) is 13.8. The molecule has 0 amide bonds. The Kier molecular flexibility index (Phi) is 4.67. The van der Waals surface area contributed by atoms with Crippen molar-refractivity contribution >= 4 is 0 Å². The number of nitrogens with zero attached hydrogens (tertiary/aromatic N) is 2. The van der Waals surface area contributed by atoms with Crippen molar-refractivity contribution < 1.29 is 14.2 Å². The van der Waals surface area contributed by atoms with Crippen LogP contribution in [0.25, 0.3) is 0 Å². The van der Waals surface area contributed by atoms with Crippen LogP contribution < -0.4 is 14.2 Å². The lowest BCUT2D eigenvalue weighted by Gasteiger charge is -2.39. The molecular weight excluding hydrogens is 292 g/mol. The molecule has 2 aromatic rings. The van der Waals surface area contributed by atoms with Gasteiger partial charge in [-0.3, -0.25) is 9.88 Å². The highest BCUT2D eigenvalue weighted by Gasteiger charge is 2.29. The maximum atomic E-state index is 5.96. The summed E-state index contributed by atoms with van der Waals surface area (Å²) in [4.78, 5) is 6.51. The van der Waals surface area contributed by atoms with Crippen LogP contribution in [0.4, 0.5) is 0 Å². The molecule has 0 atom stereocenters. The molecule has 0 unspecified atom stereocenters. The molecule has 1 aliphatic rings. The molecular formula is C18H22N2O3. The molecule has 2 heterocycles. The van der Waals surface area contributed by atoms with Crippen LogP contribution in [0, 0.1) is 6.92 Å². The highest BCUT2D eigenvalue weighted by Crippen LogP contribution is 2.32. The first-order valence-corrected chi connectivity index (χ1v) is 7.71. The highest BCUT2D eigenvalue weighted by atomic mass is 16.5. The highest BCUT2D eigenvalue weighted by molar-refractivity contribution is 5.46. The molecule has 1 aliphatic heterocycles. The van der Waals surface area contributed by atoms with Gasteiger partial charge in [-0.15, -0.1) is 0 Å². The smallest absolute Gasteiger partial charge is 0.165 e. The lowest BCUT2D eigenvalue weighted by molar-refractivity contribution is 0.0140. The number of likely N-dealkylation sites (tertiary alicyclic amines) is 1. The minimum absolute atomic E-state index is 0.230. The van der Waals surface area contributed by atoms with Gasteiger partial charge >= 0.3 is 0 Å². The molecule has 1 aromatic carbocycles. The zero-order valence-corrected chi connectivity index (χ0v) is 13.8. The molecule has 122 valence electrons. The van der Waals surface area contributed by atoms with Crippen LogP contribution in [0.3, 0.4) is 0 Å². The lowest BCUT2D eigenvalue weighted by Crippen LogP contribution is -2.53. The van der Waals surface area contributed by atoms with E-state index in [0.717, 1.165) is 48.1 Å². The van der Waals surface area contributed by atoms with Crippen LogP contribution >= 0.6 is 0 Å². The Labute approximate surface area is 136 Å². The summed E-state index contributed by atoms with van der Waals surface area (Å²) in [7, 11) is 3.33. The van der Waals surface area contributed by atoms with E-state index in [2.05, 4.69) is 16.0 Å². The largest absolute Gasteiger partial charge is 0.493 e. The molecule has 0 spiro atoms. The first-order valence-electron chi connectivity index (χ1n) is 7.71. The first-order chi connectivity index (χ1) is 11.2.